The van der Waals surface area contributed by atoms with Crippen molar-refractivity contribution in [2.45, 2.75) is 151 Å². The lowest BCUT2D eigenvalue weighted by Gasteiger charge is -2.73. The topological polar surface area (TPSA) is 26.3 Å². The molecule has 2 heteroatoms. The predicted molar refractivity (Wildman–Crippen MR) is 159 cm³/mol. The Kier molecular flexibility index (Phi) is 7.29. The van der Waals surface area contributed by atoms with Gasteiger partial charge in [0.1, 0.15) is 6.10 Å². The van der Waals surface area contributed by atoms with Crippen molar-refractivity contribution in [3.8, 4) is 0 Å². The van der Waals surface area contributed by atoms with Crippen LogP contribution in [0.4, 0.5) is 0 Å². The van der Waals surface area contributed by atoms with E-state index in [0.717, 1.165) is 49.4 Å². The van der Waals surface area contributed by atoms with Crippen LogP contribution in [0.25, 0.3) is 0 Å². The molecular weight excluding hydrogens is 464 g/mol. The number of carbonyl (C=O) groups excluding carboxylic acids is 1. The number of ether oxygens (including phenoxy) is 1. The molecule has 5 saturated carbocycles. The highest BCUT2D eigenvalue weighted by Crippen LogP contribution is 2.77. The number of hydrogen-bond donors (Lipinski definition) is 0. The van der Waals surface area contributed by atoms with Crippen molar-refractivity contribution in [3.05, 3.63) is 12.2 Å². The van der Waals surface area contributed by atoms with Crippen LogP contribution in [-0.2, 0) is 9.53 Å². The zero-order valence-electron chi connectivity index (χ0n) is 26.4. The van der Waals surface area contributed by atoms with Crippen LogP contribution in [0.15, 0.2) is 12.2 Å². The Morgan fingerprint density at radius 2 is 1.55 bits per heavy atom. The molecule has 5 aliphatic carbocycles. The average molecular weight is 525 g/mol. The van der Waals surface area contributed by atoms with E-state index in [9.17, 15) is 4.79 Å². The molecule has 0 radical (unpaired) electrons. The van der Waals surface area contributed by atoms with Gasteiger partial charge in [0, 0.05) is 11.8 Å². The third-order valence-electron chi connectivity index (χ3n) is 14.7. The van der Waals surface area contributed by atoms with Crippen molar-refractivity contribution in [3.63, 3.8) is 0 Å². The van der Waals surface area contributed by atoms with Gasteiger partial charge < -0.3 is 4.74 Å². The van der Waals surface area contributed by atoms with Crippen LogP contribution < -0.4 is 0 Å². The third kappa shape index (κ3) is 4.02. The summed E-state index contributed by atoms with van der Waals surface area (Å²) < 4.78 is 6.26. The van der Waals surface area contributed by atoms with Crippen LogP contribution in [0, 0.1) is 56.7 Å². The Morgan fingerprint density at radius 1 is 0.816 bits per heavy atom. The highest BCUT2D eigenvalue weighted by Gasteiger charge is 2.70. The molecule has 10 atom stereocenters. The van der Waals surface area contributed by atoms with Crippen LogP contribution in [0.5, 0.6) is 0 Å². The van der Waals surface area contributed by atoms with Crippen LogP contribution in [0.1, 0.15) is 145 Å². The lowest BCUT2D eigenvalue weighted by atomic mass is 9.32. The second-order valence-corrected chi connectivity index (χ2v) is 16.6. The van der Waals surface area contributed by atoms with E-state index >= 15 is 0 Å². The second kappa shape index (κ2) is 9.65. The molecule has 5 rings (SSSR count). The zero-order chi connectivity index (χ0) is 27.7. The molecule has 0 aromatic heterocycles. The van der Waals surface area contributed by atoms with Crippen LogP contribution >= 0.6 is 0 Å². The van der Waals surface area contributed by atoms with E-state index in [-0.39, 0.29) is 17.5 Å². The van der Waals surface area contributed by atoms with Crippen molar-refractivity contribution in [1.82, 2.24) is 0 Å². The van der Waals surface area contributed by atoms with Crippen molar-refractivity contribution < 1.29 is 9.53 Å². The highest BCUT2D eigenvalue weighted by molar-refractivity contribution is 5.69. The third-order valence-corrected chi connectivity index (χ3v) is 14.7. The standard InChI is InChI=1S/C36H60O2/c1-10-11-12-13-30(37)38-29-18-20-34(7)27(32(29,4)5)17-21-36(9)28(34)15-14-26-31-25(24(2)3)16-19-33(31,6)22-23-35(26,36)8/h25-29,31H,2,10-23H2,1,3-9H3/t25-,26+,27-,28+,29-,31+,33+,34-,35+,36+/m0/s1. The first-order valence-corrected chi connectivity index (χ1v) is 16.6. The van der Waals surface area contributed by atoms with E-state index in [0.29, 0.717) is 34.0 Å². The van der Waals surface area contributed by atoms with Gasteiger partial charge >= 0.3 is 5.97 Å². The first-order chi connectivity index (χ1) is 17.7. The van der Waals surface area contributed by atoms with Gasteiger partial charge in [-0.2, -0.15) is 0 Å². The summed E-state index contributed by atoms with van der Waals surface area (Å²) in [6, 6.07) is 0. The van der Waals surface area contributed by atoms with Gasteiger partial charge in [0.15, 0.2) is 0 Å². The molecule has 0 aliphatic heterocycles. The molecule has 0 bridgehead atoms. The van der Waals surface area contributed by atoms with E-state index in [1.807, 2.05) is 0 Å². The summed E-state index contributed by atoms with van der Waals surface area (Å²) in [4.78, 5) is 12.8. The molecule has 0 N–H and O–H groups in total. The summed E-state index contributed by atoms with van der Waals surface area (Å²) >= 11 is 0. The normalized spacial score (nSPS) is 49.3. The minimum atomic E-state index is 0.0441. The number of allylic oxidation sites excluding steroid dienone is 1. The van der Waals surface area contributed by atoms with Gasteiger partial charge in [-0.05, 0) is 129 Å². The summed E-state index contributed by atoms with van der Waals surface area (Å²) in [5, 5.41) is 0. The number of esters is 1. The van der Waals surface area contributed by atoms with E-state index < -0.39 is 0 Å². The largest absolute Gasteiger partial charge is 0.462 e. The van der Waals surface area contributed by atoms with Gasteiger partial charge in [0.2, 0.25) is 0 Å². The lowest BCUT2D eigenvalue weighted by molar-refractivity contribution is -0.249. The quantitative estimate of drug-likeness (QED) is 0.196. The number of carbonyl (C=O) groups is 1. The molecule has 0 amide bonds. The minimum absolute atomic E-state index is 0.0441. The fraction of sp³-hybridized carbons (Fsp3) is 0.917. The molecular formula is C36H60O2. The molecule has 5 aliphatic rings. The zero-order valence-corrected chi connectivity index (χ0v) is 26.4. The maximum Gasteiger partial charge on any atom is 0.306 e. The fourth-order valence-electron chi connectivity index (χ4n) is 12.4. The first kappa shape index (κ1) is 28.7. The fourth-order valence-corrected chi connectivity index (χ4v) is 12.4. The molecule has 0 aromatic rings. The molecule has 38 heavy (non-hydrogen) atoms. The molecule has 0 aromatic carbocycles. The lowest BCUT2D eigenvalue weighted by Crippen LogP contribution is -2.66. The number of unbranched alkanes of at least 4 members (excludes halogenated alkanes) is 2. The Balaban J connectivity index is 1.40. The summed E-state index contributed by atoms with van der Waals surface area (Å²) in [7, 11) is 0. The Bertz CT molecular complexity index is 934. The average Bonchev–Trinajstić information content (AvgIpc) is 3.19. The number of fused-ring (bicyclic) bond motifs is 7. The van der Waals surface area contributed by atoms with Gasteiger partial charge in [0.05, 0.1) is 0 Å². The molecule has 216 valence electrons. The maximum atomic E-state index is 12.8. The van der Waals surface area contributed by atoms with Crippen molar-refractivity contribution in [2.75, 3.05) is 0 Å². The molecule has 0 saturated heterocycles. The maximum absolute atomic E-state index is 12.8. The molecule has 0 heterocycles. The minimum Gasteiger partial charge on any atom is -0.462 e. The summed E-state index contributed by atoms with van der Waals surface area (Å²) in [6.07, 6.45) is 17.3. The van der Waals surface area contributed by atoms with E-state index in [4.69, 9.17) is 4.74 Å². The SMILES string of the molecule is C=C(C)[C@@H]1CC[C@]2(C)CC[C@]3(C)[C@H](CC[C@@H]4[C@@]5(C)CC[C@H](OC(=O)CCCCC)C(C)(C)[C@@H]5CC[C@]43C)[C@@H]12. The van der Waals surface area contributed by atoms with Crippen LogP contribution in [0.2, 0.25) is 0 Å². The Labute approximate surface area is 235 Å². The summed E-state index contributed by atoms with van der Waals surface area (Å²) in [5.41, 5.74) is 3.21. The van der Waals surface area contributed by atoms with E-state index in [2.05, 4.69) is 62.0 Å². The van der Waals surface area contributed by atoms with Gasteiger partial charge in [0.25, 0.3) is 0 Å². The second-order valence-electron chi connectivity index (χ2n) is 16.6. The van der Waals surface area contributed by atoms with E-state index in [1.165, 1.54) is 63.4 Å². The summed E-state index contributed by atoms with van der Waals surface area (Å²) in [6.45, 7) is 24.7. The number of hydrogen-bond acceptors (Lipinski definition) is 2. The molecule has 5 fully saturated rings. The van der Waals surface area contributed by atoms with Crippen molar-refractivity contribution in [1.29, 1.82) is 0 Å². The van der Waals surface area contributed by atoms with Crippen molar-refractivity contribution in [2.24, 2.45) is 56.7 Å². The van der Waals surface area contributed by atoms with Crippen LogP contribution in [0.3, 0.4) is 0 Å². The monoisotopic (exact) mass is 524 g/mol. The highest BCUT2D eigenvalue weighted by atomic mass is 16.5. The Hall–Kier alpha value is -0.790. The van der Waals surface area contributed by atoms with Gasteiger partial charge in [-0.15, -0.1) is 0 Å². The van der Waals surface area contributed by atoms with Gasteiger partial charge in [-0.3, -0.25) is 4.79 Å². The number of rotatable bonds is 6. The summed E-state index contributed by atoms with van der Waals surface area (Å²) in [5.74, 6) is 3.88. The van der Waals surface area contributed by atoms with E-state index in [1.54, 1.807) is 0 Å². The van der Waals surface area contributed by atoms with Gasteiger partial charge in [-0.1, -0.05) is 73.5 Å². The molecule has 2 nitrogen and oxygen atoms in total. The Morgan fingerprint density at radius 3 is 2.24 bits per heavy atom. The smallest absolute Gasteiger partial charge is 0.306 e. The predicted octanol–water partition coefficient (Wildman–Crippen LogP) is 10.2. The van der Waals surface area contributed by atoms with Crippen molar-refractivity contribution >= 4 is 5.97 Å². The van der Waals surface area contributed by atoms with Gasteiger partial charge in [-0.25, -0.2) is 0 Å². The van der Waals surface area contributed by atoms with Crippen LogP contribution in [-0.4, -0.2) is 12.1 Å². The first-order valence-electron chi connectivity index (χ1n) is 16.6. The molecule has 0 unspecified atom stereocenters. The molecule has 0 spiro atoms.